The van der Waals surface area contributed by atoms with Crippen LogP contribution in [0.5, 0.6) is 0 Å². The van der Waals surface area contributed by atoms with Crippen molar-refractivity contribution in [2.75, 3.05) is 0 Å². The molecule has 3 nitrogen and oxygen atoms in total. The standard InChI is InChI=1S/C27H44O3/c1-7-21-24(4,5)22(29)8-9-27(21)17(3)26(27)11-10-25(6)18(14-26)13-20-23(25)16(2)12-19(15-28)30-20/h15-23,29H,7-14H2,1-6H3. The van der Waals surface area contributed by atoms with Gasteiger partial charge in [0.15, 0.2) is 0 Å². The molecule has 4 aliphatic carbocycles. The minimum absolute atomic E-state index is 0.0178. The molecule has 0 radical (unpaired) electrons. The second-order valence-electron chi connectivity index (χ2n) is 13.0. The Bertz CT molecular complexity index is 717. The van der Waals surface area contributed by atoms with E-state index in [9.17, 15) is 9.90 Å². The van der Waals surface area contributed by atoms with E-state index < -0.39 is 0 Å². The van der Waals surface area contributed by atoms with Gasteiger partial charge in [-0.15, -0.1) is 0 Å². The van der Waals surface area contributed by atoms with Gasteiger partial charge in [0, 0.05) is 0 Å². The number of aliphatic hydroxyl groups is 1. The van der Waals surface area contributed by atoms with Gasteiger partial charge < -0.3 is 14.6 Å². The third-order valence-corrected chi connectivity index (χ3v) is 12.1. The molecule has 170 valence electrons. The molecule has 2 spiro atoms. The summed E-state index contributed by atoms with van der Waals surface area (Å²) >= 11 is 0. The predicted molar refractivity (Wildman–Crippen MR) is 119 cm³/mol. The van der Waals surface area contributed by atoms with Crippen LogP contribution in [0.25, 0.3) is 0 Å². The largest absolute Gasteiger partial charge is 0.393 e. The first-order valence-electron chi connectivity index (χ1n) is 12.9. The molecule has 1 saturated heterocycles. The third kappa shape index (κ3) is 2.38. The number of rotatable bonds is 2. The van der Waals surface area contributed by atoms with E-state index in [1.165, 1.54) is 32.1 Å². The van der Waals surface area contributed by atoms with Crippen LogP contribution in [0.15, 0.2) is 0 Å². The van der Waals surface area contributed by atoms with E-state index in [4.69, 9.17) is 4.74 Å². The Labute approximate surface area is 183 Å². The molecule has 3 heteroatoms. The van der Waals surface area contributed by atoms with Crippen molar-refractivity contribution >= 4 is 6.29 Å². The number of carbonyl (C=O) groups excluding carboxylic acids is 1. The summed E-state index contributed by atoms with van der Waals surface area (Å²) in [5, 5.41) is 10.8. The number of aliphatic hydroxyl groups excluding tert-OH is 1. The van der Waals surface area contributed by atoms with Crippen molar-refractivity contribution in [3.63, 3.8) is 0 Å². The maximum atomic E-state index is 11.5. The highest BCUT2D eigenvalue weighted by molar-refractivity contribution is 5.56. The Morgan fingerprint density at radius 2 is 1.83 bits per heavy atom. The summed E-state index contributed by atoms with van der Waals surface area (Å²) in [6.07, 6.45) is 10.4. The molecule has 0 aromatic rings. The lowest BCUT2D eigenvalue weighted by molar-refractivity contribution is -0.142. The second-order valence-corrected chi connectivity index (χ2v) is 13.0. The number of hydrogen-bond acceptors (Lipinski definition) is 3. The molecular weight excluding hydrogens is 372 g/mol. The van der Waals surface area contributed by atoms with Gasteiger partial charge in [0.1, 0.15) is 12.4 Å². The first-order valence-corrected chi connectivity index (χ1v) is 12.9. The third-order valence-electron chi connectivity index (χ3n) is 12.1. The van der Waals surface area contributed by atoms with Crippen LogP contribution < -0.4 is 0 Å². The predicted octanol–water partition coefficient (Wildman–Crippen LogP) is 5.63. The van der Waals surface area contributed by atoms with Crippen LogP contribution in [-0.2, 0) is 9.53 Å². The molecule has 5 fully saturated rings. The number of carbonyl (C=O) groups is 1. The van der Waals surface area contributed by atoms with Gasteiger partial charge in [-0.25, -0.2) is 0 Å². The number of aldehydes is 1. The van der Waals surface area contributed by atoms with Crippen molar-refractivity contribution < 1.29 is 14.6 Å². The summed E-state index contributed by atoms with van der Waals surface area (Å²) in [5.74, 6) is 3.32. The summed E-state index contributed by atoms with van der Waals surface area (Å²) in [6.45, 7) is 14.5. The van der Waals surface area contributed by atoms with Crippen molar-refractivity contribution in [3.05, 3.63) is 0 Å². The Balaban J connectivity index is 1.44. The molecule has 30 heavy (non-hydrogen) atoms. The highest BCUT2D eigenvalue weighted by Gasteiger charge is 2.80. The molecule has 5 aliphatic rings. The quantitative estimate of drug-likeness (QED) is 0.593. The number of fused-ring (bicyclic) bond motifs is 4. The summed E-state index contributed by atoms with van der Waals surface area (Å²) in [4.78, 5) is 11.5. The lowest BCUT2D eigenvalue weighted by atomic mass is 9.52. The van der Waals surface area contributed by atoms with E-state index in [2.05, 4.69) is 41.5 Å². The molecule has 5 rings (SSSR count). The van der Waals surface area contributed by atoms with Crippen LogP contribution in [0.2, 0.25) is 0 Å². The summed E-state index contributed by atoms with van der Waals surface area (Å²) in [5.41, 5.74) is 1.29. The molecule has 0 aromatic carbocycles. The minimum atomic E-state index is -0.185. The van der Waals surface area contributed by atoms with Crippen LogP contribution >= 0.6 is 0 Å². The Kier molecular flexibility index (Phi) is 4.69. The summed E-state index contributed by atoms with van der Waals surface area (Å²) in [7, 11) is 0. The highest BCUT2D eigenvalue weighted by atomic mass is 16.5. The summed E-state index contributed by atoms with van der Waals surface area (Å²) in [6, 6.07) is 0. The SMILES string of the molecule is CCC1C(C)(C)C(O)CCC12C(C)C21CCC2(C)C(CC3OC(C=O)CC(C)C32)C1. The molecule has 0 amide bonds. The molecule has 1 N–H and O–H groups in total. The van der Waals surface area contributed by atoms with Gasteiger partial charge >= 0.3 is 0 Å². The topological polar surface area (TPSA) is 46.5 Å². The Morgan fingerprint density at radius 3 is 2.50 bits per heavy atom. The van der Waals surface area contributed by atoms with E-state index >= 15 is 0 Å². The van der Waals surface area contributed by atoms with Crippen molar-refractivity contribution in [2.45, 2.75) is 111 Å². The van der Waals surface area contributed by atoms with Crippen molar-refractivity contribution in [1.29, 1.82) is 0 Å². The zero-order valence-electron chi connectivity index (χ0n) is 20.1. The van der Waals surface area contributed by atoms with Gasteiger partial charge in [-0.3, -0.25) is 0 Å². The monoisotopic (exact) mass is 416 g/mol. The average Bonchev–Trinajstić information content (AvgIpc) is 3.00. The fraction of sp³-hybridized carbons (Fsp3) is 0.963. The smallest absolute Gasteiger partial charge is 0.148 e. The second kappa shape index (κ2) is 6.56. The van der Waals surface area contributed by atoms with Crippen molar-refractivity contribution in [2.24, 2.45) is 51.2 Å². The first kappa shape index (κ1) is 21.4. The maximum absolute atomic E-state index is 11.5. The van der Waals surface area contributed by atoms with Crippen LogP contribution in [-0.4, -0.2) is 29.7 Å². The van der Waals surface area contributed by atoms with E-state index in [-0.39, 0.29) is 23.7 Å². The Hall–Kier alpha value is -0.410. The molecule has 11 atom stereocenters. The van der Waals surface area contributed by atoms with Crippen molar-refractivity contribution in [1.82, 2.24) is 0 Å². The lowest BCUT2D eigenvalue weighted by Crippen LogP contribution is -2.49. The van der Waals surface area contributed by atoms with Gasteiger partial charge in [-0.1, -0.05) is 48.0 Å². The highest BCUT2D eigenvalue weighted by Crippen LogP contribution is 2.85. The van der Waals surface area contributed by atoms with Crippen LogP contribution in [0.1, 0.15) is 92.9 Å². The molecule has 1 aliphatic heterocycles. The summed E-state index contributed by atoms with van der Waals surface area (Å²) < 4.78 is 6.33. The first-order chi connectivity index (χ1) is 14.1. The molecular formula is C27H44O3. The normalized spacial score (nSPS) is 59.0. The fourth-order valence-electron chi connectivity index (χ4n) is 10.7. The van der Waals surface area contributed by atoms with Gasteiger partial charge in [0.2, 0.25) is 0 Å². The van der Waals surface area contributed by atoms with Gasteiger partial charge in [0.25, 0.3) is 0 Å². The zero-order chi connectivity index (χ0) is 21.7. The van der Waals surface area contributed by atoms with Crippen molar-refractivity contribution in [3.8, 4) is 0 Å². The molecule has 0 aromatic heterocycles. The van der Waals surface area contributed by atoms with Crippen LogP contribution in [0.3, 0.4) is 0 Å². The van der Waals surface area contributed by atoms with Gasteiger partial charge in [-0.05, 0) is 96.2 Å². The minimum Gasteiger partial charge on any atom is -0.393 e. The molecule has 4 saturated carbocycles. The fourth-order valence-corrected chi connectivity index (χ4v) is 10.7. The molecule has 1 heterocycles. The zero-order valence-corrected chi connectivity index (χ0v) is 20.1. The van der Waals surface area contributed by atoms with E-state index in [1.807, 2.05) is 0 Å². The number of hydrogen-bond donors (Lipinski definition) is 1. The van der Waals surface area contributed by atoms with Gasteiger partial charge in [0.05, 0.1) is 12.2 Å². The van der Waals surface area contributed by atoms with Crippen LogP contribution in [0.4, 0.5) is 0 Å². The Morgan fingerprint density at radius 1 is 1.10 bits per heavy atom. The number of ether oxygens (including phenoxy) is 1. The van der Waals surface area contributed by atoms with Gasteiger partial charge in [-0.2, -0.15) is 0 Å². The maximum Gasteiger partial charge on any atom is 0.148 e. The molecule has 0 bridgehead atoms. The lowest BCUT2D eigenvalue weighted by Gasteiger charge is -2.53. The van der Waals surface area contributed by atoms with E-state index in [0.717, 1.165) is 37.4 Å². The van der Waals surface area contributed by atoms with E-state index in [1.54, 1.807) is 0 Å². The van der Waals surface area contributed by atoms with Crippen LogP contribution in [0, 0.1) is 51.2 Å². The molecule has 11 unspecified atom stereocenters. The average molecular weight is 417 g/mol. The van der Waals surface area contributed by atoms with E-state index in [0.29, 0.717) is 34.0 Å².